The van der Waals surface area contributed by atoms with Crippen LogP contribution in [0, 0.1) is 13.8 Å². The van der Waals surface area contributed by atoms with Crippen molar-refractivity contribution in [2.45, 2.75) is 213 Å². The lowest BCUT2D eigenvalue weighted by molar-refractivity contribution is 0.331. The molecule has 0 aromatic heterocycles. The molecular formula is C75H87BN2. The van der Waals surface area contributed by atoms with E-state index in [4.69, 9.17) is 0 Å². The maximum absolute atomic E-state index is 2.78. The quantitative estimate of drug-likeness (QED) is 0.163. The van der Waals surface area contributed by atoms with Gasteiger partial charge in [0.05, 0.1) is 0 Å². The molecule has 400 valence electrons. The predicted octanol–water partition coefficient (Wildman–Crippen LogP) is 18.7. The summed E-state index contributed by atoms with van der Waals surface area (Å²) in [5, 5.41) is 0. The fourth-order valence-corrected chi connectivity index (χ4v) is 16.2. The summed E-state index contributed by atoms with van der Waals surface area (Å²) in [6.07, 6.45) is 7.09. The van der Waals surface area contributed by atoms with Crippen molar-refractivity contribution >= 4 is 57.2 Å². The molecule has 0 amide bonds. The van der Waals surface area contributed by atoms with Crippen molar-refractivity contribution in [2.24, 2.45) is 0 Å². The average Bonchev–Trinajstić information content (AvgIpc) is 3.66. The van der Waals surface area contributed by atoms with E-state index in [1.54, 1.807) is 11.1 Å². The molecule has 7 aromatic carbocycles. The highest BCUT2D eigenvalue weighted by molar-refractivity contribution is 7.00. The van der Waals surface area contributed by atoms with E-state index in [1.807, 2.05) is 0 Å². The summed E-state index contributed by atoms with van der Waals surface area (Å²) in [5.41, 5.74) is 33.7. The third-order valence-corrected chi connectivity index (χ3v) is 21.6. The SMILES string of the molecule is Cc1cc(C(C)(C)C)ccc1N1c2cc3c(cc2B2c4c1cc(-c1ccccc1)cc4N(c1cc4c(cc1C)C(C)(C)CCC4(C)C)c1ccc4c(c12)C(C)(C)c1cc2c(cc1-4)C(C)(C)CCC2(C)C)C(C)(C)CCC3(C)C. The number of aryl methyl sites for hydroxylation is 2. The predicted molar refractivity (Wildman–Crippen MR) is 337 cm³/mol. The van der Waals surface area contributed by atoms with Gasteiger partial charge in [-0.2, -0.15) is 0 Å². The van der Waals surface area contributed by atoms with Gasteiger partial charge in [0, 0.05) is 39.5 Å². The first-order valence-electron chi connectivity index (χ1n) is 30.0. The molecule has 0 saturated carbocycles. The Hall–Kier alpha value is -5.80. The highest BCUT2D eigenvalue weighted by Crippen LogP contribution is 2.59. The molecule has 78 heavy (non-hydrogen) atoms. The lowest BCUT2D eigenvalue weighted by atomic mass is 9.31. The number of fused-ring (bicyclic) bond motifs is 11. The molecular weight excluding hydrogens is 940 g/mol. The summed E-state index contributed by atoms with van der Waals surface area (Å²) in [6, 6.07) is 45.0. The van der Waals surface area contributed by atoms with Crippen molar-refractivity contribution in [1.29, 1.82) is 0 Å². The largest absolute Gasteiger partial charge is 0.311 e. The normalized spacial score (nSPS) is 20.6. The van der Waals surface area contributed by atoms with Gasteiger partial charge < -0.3 is 9.80 Å². The Morgan fingerprint density at radius 1 is 0.372 bits per heavy atom. The monoisotopic (exact) mass is 1030 g/mol. The van der Waals surface area contributed by atoms with Crippen molar-refractivity contribution < 1.29 is 0 Å². The third-order valence-electron chi connectivity index (χ3n) is 21.6. The van der Waals surface area contributed by atoms with Gasteiger partial charge in [0.2, 0.25) is 0 Å². The van der Waals surface area contributed by atoms with Crippen molar-refractivity contribution in [1.82, 2.24) is 0 Å². The van der Waals surface area contributed by atoms with Gasteiger partial charge in [-0.15, -0.1) is 0 Å². The maximum atomic E-state index is 2.78. The number of hydrogen-bond donors (Lipinski definition) is 0. The van der Waals surface area contributed by atoms with Gasteiger partial charge in [0.1, 0.15) is 0 Å². The van der Waals surface area contributed by atoms with Crippen molar-refractivity contribution in [3.63, 3.8) is 0 Å². The van der Waals surface area contributed by atoms with Crippen LogP contribution in [0.2, 0.25) is 0 Å². The molecule has 0 spiro atoms. The number of hydrogen-bond acceptors (Lipinski definition) is 2. The first kappa shape index (κ1) is 51.6. The fourth-order valence-electron chi connectivity index (χ4n) is 16.2. The molecule has 0 fully saturated rings. The summed E-state index contributed by atoms with van der Waals surface area (Å²) in [4.78, 5) is 5.53. The van der Waals surface area contributed by atoms with Crippen LogP contribution in [-0.4, -0.2) is 6.71 Å². The number of anilines is 6. The highest BCUT2D eigenvalue weighted by Gasteiger charge is 2.52. The molecule has 0 N–H and O–H groups in total. The van der Waals surface area contributed by atoms with Crippen LogP contribution in [0.25, 0.3) is 22.3 Å². The molecule has 0 atom stereocenters. The van der Waals surface area contributed by atoms with Gasteiger partial charge in [0.15, 0.2) is 0 Å². The molecule has 2 nitrogen and oxygen atoms in total. The summed E-state index contributed by atoms with van der Waals surface area (Å²) < 4.78 is 0. The first-order chi connectivity index (χ1) is 36.3. The van der Waals surface area contributed by atoms with Crippen LogP contribution >= 0.6 is 0 Å². The van der Waals surface area contributed by atoms with Crippen molar-refractivity contribution in [2.75, 3.05) is 9.80 Å². The first-order valence-corrected chi connectivity index (χ1v) is 30.0. The molecule has 0 radical (unpaired) electrons. The molecule has 2 heterocycles. The average molecular weight is 1030 g/mol. The second-order valence-corrected chi connectivity index (χ2v) is 31.1. The van der Waals surface area contributed by atoms with Gasteiger partial charge in [-0.05, 0) is 233 Å². The molecule has 4 aliphatic carbocycles. The lowest BCUT2D eigenvalue weighted by Gasteiger charge is -2.49. The van der Waals surface area contributed by atoms with Crippen LogP contribution in [0.1, 0.15) is 217 Å². The maximum Gasteiger partial charge on any atom is 0.252 e. The van der Waals surface area contributed by atoms with E-state index in [2.05, 4.69) is 251 Å². The summed E-state index contributed by atoms with van der Waals surface area (Å²) in [7, 11) is 0. The Labute approximate surface area is 470 Å². The third kappa shape index (κ3) is 7.26. The minimum Gasteiger partial charge on any atom is -0.311 e. The molecule has 13 rings (SSSR count). The van der Waals surface area contributed by atoms with Crippen LogP contribution in [0.3, 0.4) is 0 Å². The van der Waals surface area contributed by atoms with Gasteiger partial charge in [-0.1, -0.05) is 184 Å². The van der Waals surface area contributed by atoms with Gasteiger partial charge in [-0.25, -0.2) is 0 Å². The van der Waals surface area contributed by atoms with E-state index >= 15 is 0 Å². The van der Waals surface area contributed by atoms with Crippen LogP contribution < -0.4 is 26.2 Å². The number of rotatable bonds is 3. The summed E-state index contributed by atoms with van der Waals surface area (Å²) in [6.45, 7) is 47.0. The molecule has 3 heteroatoms. The topological polar surface area (TPSA) is 6.48 Å². The molecule has 6 aliphatic rings. The second kappa shape index (κ2) is 16.2. The van der Waals surface area contributed by atoms with E-state index in [9.17, 15) is 0 Å². The fraction of sp³-hybridized carbons (Fsp3) is 0.440. The zero-order chi connectivity index (χ0) is 55.6. The van der Waals surface area contributed by atoms with Crippen LogP contribution in [0.5, 0.6) is 0 Å². The van der Waals surface area contributed by atoms with Crippen molar-refractivity contribution in [3.8, 4) is 22.3 Å². The van der Waals surface area contributed by atoms with Gasteiger partial charge in [0.25, 0.3) is 6.71 Å². The Bertz CT molecular complexity index is 3720. The molecule has 7 aromatic rings. The molecule has 0 saturated heterocycles. The Morgan fingerprint density at radius 2 is 0.833 bits per heavy atom. The summed E-state index contributed by atoms with van der Waals surface area (Å²) in [5.74, 6) is 0. The van der Waals surface area contributed by atoms with Gasteiger partial charge >= 0.3 is 0 Å². The van der Waals surface area contributed by atoms with E-state index in [1.165, 1.54) is 155 Å². The summed E-state index contributed by atoms with van der Waals surface area (Å²) >= 11 is 0. The van der Waals surface area contributed by atoms with Crippen LogP contribution in [0.4, 0.5) is 34.1 Å². The molecule has 0 unspecified atom stereocenters. The second-order valence-electron chi connectivity index (χ2n) is 31.1. The molecule has 0 bridgehead atoms. The van der Waals surface area contributed by atoms with Crippen molar-refractivity contribution in [3.05, 3.63) is 170 Å². The minimum atomic E-state index is -0.279. The zero-order valence-corrected chi connectivity index (χ0v) is 51.1. The highest BCUT2D eigenvalue weighted by atomic mass is 15.2. The van der Waals surface area contributed by atoms with E-state index < -0.39 is 0 Å². The Kier molecular flexibility index (Phi) is 10.7. The van der Waals surface area contributed by atoms with Crippen LogP contribution in [0.15, 0.2) is 109 Å². The number of nitrogens with zero attached hydrogens (tertiary/aromatic N) is 2. The lowest BCUT2D eigenvalue weighted by Crippen LogP contribution is -2.63. The minimum absolute atomic E-state index is 0.0194. The van der Waals surface area contributed by atoms with Gasteiger partial charge in [-0.3, -0.25) is 0 Å². The van der Waals surface area contributed by atoms with E-state index in [0.29, 0.717) is 0 Å². The Balaban J connectivity index is 1.21. The smallest absolute Gasteiger partial charge is 0.252 e. The van der Waals surface area contributed by atoms with E-state index in [0.717, 1.165) is 6.42 Å². The van der Waals surface area contributed by atoms with E-state index in [-0.39, 0.29) is 50.0 Å². The standard InChI is InChI=1S/C75H87BN2/c1-44-35-48(68(3,4)5)25-27-59(44)77-62-43-57-55(72(12,13)32-34-74(57,16)17)41-58(62)76-66-63(77)37-47(46-23-21-20-22-24-46)38-64(66)78(61-42-56-52(36-45(61)2)69(6,7)29-33-73(56,14)15)60-28-26-49-50-39-53-54(71(10,11)31-30-70(53,8)9)40-51(50)75(18,19)65(49)67(60)76/h20-28,35-43H,29-34H2,1-19H3. The number of benzene rings is 7. The molecule has 2 aliphatic heterocycles. The Morgan fingerprint density at radius 3 is 1.37 bits per heavy atom. The zero-order valence-electron chi connectivity index (χ0n) is 51.1. The van der Waals surface area contributed by atoms with Crippen LogP contribution in [-0.2, 0) is 43.3 Å².